The van der Waals surface area contributed by atoms with E-state index in [4.69, 9.17) is 0 Å². The number of benzene rings is 4. The number of carbonyl (C=O) groups excluding carboxylic acids is 1. The summed E-state index contributed by atoms with van der Waals surface area (Å²) in [5.41, 5.74) is 4.03. The van der Waals surface area contributed by atoms with Gasteiger partial charge in [-0.3, -0.25) is 10.1 Å². The van der Waals surface area contributed by atoms with Crippen LogP contribution in [0.2, 0.25) is 0 Å². The smallest absolute Gasteiger partial charge is 0.261 e. The Balaban J connectivity index is 1.45. The van der Waals surface area contributed by atoms with Crippen LogP contribution in [-0.4, -0.2) is 25.4 Å². The van der Waals surface area contributed by atoms with Crippen LogP contribution >= 0.6 is 15.9 Å². The lowest BCUT2D eigenvalue weighted by atomic mass is 10.1. The molecule has 178 valence electrons. The van der Waals surface area contributed by atoms with E-state index in [-0.39, 0.29) is 11.9 Å². The van der Waals surface area contributed by atoms with Gasteiger partial charge in [-0.25, -0.2) is 4.98 Å². The molecule has 0 spiro atoms. The second kappa shape index (κ2) is 9.79. The van der Waals surface area contributed by atoms with E-state index in [0.717, 1.165) is 27.7 Å². The molecule has 0 aliphatic rings. The van der Waals surface area contributed by atoms with Crippen molar-refractivity contribution in [3.63, 3.8) is 0 Å². The number of nitrogens with one attached hydrogen (secondary N) is 1. The van der Waals surface area contributed by atoms with Gasteiger partial charge in [-0.05, 0) is 34.1 Å². The third kappa shape index (κ3) is 4.41. The van der Waals surface area contributed by atoms with Crippen molar-refractivity contribution in [2.75, 3.05) is 5.32 Å². The Hall–Kier alpha value is -4.62. The third-order valence-corrected chi connectivity index (χ3v) is 6.73. The maximum absolute atomic E-state index is 13.7. The number of carbonyl (C=O) groups is 1. The largest absolute Gasteiger partial charge is 0.303 e. The van der Waals surface area contributed by atoms with Crippen LogP contribution in [0.15, 0.2) is 120 Å². The quantitative estimate of drug-likeness (QED) is 0.249. The normalized spacial score (nSPS) is 10.9. The summed E-state index contributed by atoms with van der Waals surface area (Å²) in [6.07, 6.45) is 0. The number of anilines is 1. The summed E-state index contributed by atoms with van der Waals surface area (Å²) < 4.78 is 2.67. The molecule has 2 aromatic heterocycles. The predicted octanol–water partition coefficient (Wildman–Crippen LogP) is 7.16. The number of nitrogens with zero attached hydrogens (tertiary/aromatic N) is 4. The number of halogens is 1. The lowest BCUT2D eigenvalue weighted by Crippen LogP contribution is -2.16. The van der Waals surface area contributed by atoms with Crippen molar-refractivity contribution in [1.82, 2.24) is 19.5 Å². The second-order valence-corrected chi connectivity index (χ2v) is 9.10. The number of aromatic nitrogens is 4. The minimum atomic E-state index is -0.318. The zero-order valence-corrected chi connectivity index (χ0v) is 21.1. The third-order valence-electron chi connectivity index (χ3n) is 5.98. The fourth-order valence-corrected chi connectivity index (χ4v) is 5.07. The summed E-state index contributed by atoms with van der Waals surface area (Å²) in [4.78, 5) is 27.6. The number of hydrogen-bond acceptors (Lipinski definition) is 4. The van der Waals surface area contributed by atoms with Gasteiger partial charge in [0.15, 0.2) is 11.6 Å². The molecule has 0 unspecified atom stereocenters. The Morgan fingerprint density at radius 3 is 1.76 bits per heavy atom. The molecule has 7 heteroatoms. The van der Waals surface area contributed by atoms with E-state index in [1.807, 2.05) is 120 Å². The van der Waals surface area contributed by atoms with E-state index in [0.29, 0.717) is 21.8 Å². The molecule has 0 fully saturated rings. The van der Waals surface area contributed by atoms with Crippen LogP contribution in [0.5, 0.6) is 0 Å². The summed E-state index contributed by atoms with van der Waals surface area (Å²) in [6.45, 7) is 0. The molecule has 4 aromatic carbocycles. The van der Waals surface area contributed by atoms with E-state index < -0.39 is 0 Å². The number of amides is 1. The molecule has 0 aliphatic heterocycles. The molecular formula is C30H20BrN5O. The highest BCUT2D eigenvalue weighted by atomic mass is 79.9. The molecule has 1 N–H and O–H groups in total. The predicted molar refractivity (Wildman–Crippen MR) is 150 cm³/mol. The van der Waals surface area contributed by atoms with Crippen LogP contribution < -0.4 is 5.32 Å². The number of fused-ring (bicyclic) bond motifs is 1. The van der Waals surface area contributed by atoms with Gasteiger partial charge in [0.25, 0.3) is 5.91 Å². The minimum Gasteiger partial charge on any atom is -0.303 e. The van der Waals surface area contributed by atoms with Crippen molar-refractivity contribution in [3.05, 3.63) is 125 Å². The van der Waals surface area contributed by atoms with Gasteiger partial charge in [-0.15, -0.1) is 0 Å². The van der Waals surface area contributed by atoms with Crippen LogP contribution in [0.3, 0.4) is 0 Å². The Bertz CT molecular complexity index is 1660. The number of rotatable bonds is 5. The van der Waals surface area contributed by atoms with Crippen molar-refractivity contribution in [1.29, 1.82) is 0 Å². The SMILES string of the molecule is O=C(Nc1nc(-c2ccccc2)nc(-c2ccccc2)n1)c1c(Br)n(-c2ccccc2)c2ccccc12. The highest BCUT2D eigenvalue weighted by Gasteiger charge is 2.23. The van der Waals surface area contributed by atoms with Crippen LogP contribution in [0, 0.1) is 0 Å². The average molecular weight is 546 g/mol. The first-order chi connectivity index (χ1) is 18.2. The van der Waals surface area contributed by atoms with Gasteiger partial charge >= 0.3 is 0 Å². The Morgan fingerprint density at radius 1 is 0.649 bits per heavy atom. The molecule has 0 aliphatic carbocycles. The molecule has 1 amide bonds. The zero-order chi connectivity index (χ0) is 25.2. The molecular weight excluding hydrogens is 526 g/mol. The molecule has 0 atom stereocenters. The highest BCUT2D eigenvalue weighted by molar-refractivity contribution is 9.10. The molecule has 0 bridgehead atoms. The number of hydrogen-bond donors (Lipinski definition) is 1. The van der Waals surface area contributed by atoms with Crippen LogP contribution in [0.4, 0.5) is 5.95 Å². The summed E-state index contributed by atoms with van der Waals surface area (Å²) in [5.74, 6) is 0.828. The number of para-hydroxylation sites is 2. The lowest BCUT2D eigenvalue weighted by Gasteiger charge is -2.09. The first-order valence-electron chi connectivity index (χ1n) is 11.7. The van der Waals surface area contributed by atoms with Gasteiger partial charge in [-0.2, -0.15) is 9.97 Å². The standard InChI is InChI=1S/C30H20BrN5O/c31-26-25(23-18-10-11-19-24(23)36(26)22-16-8-3-9-17-22)29(37)35-30-33-27(20-12-4-1-5-13-20)32-28(34-30)21-14-6-2-7-15-21/h1-19H,(H,32,33,34,35,37). The molecule has 6 aromatic rings. The summed E-state index contributed by atoms with van der Waals surface area (Å²) in [6, 6.07) is 37.0. The van der Waals surface area contributed by atoms with Crippen LogP contribution in [0.1, 0.15) is 10.4 Å². The van der Waals surface area contributed by atoms with Crippen molar-refractivity contribution < 1.29 is 4.79 Å². The van der Waals surface area contributed by atoms with E-state index >= 15 is 0 Å². The maximum atomic E-state index is 13.7. The first kappa shape index (κ1) is 22.8. The van der Waals surface area contributed by atoms with Gasteiger partial charge in [0.1, 0.15) is 4.60 Å². The van der Waals surface area contributed by atoms with Gasteiger partial charge in [0.2, 0.25) is 5.95 Å². The lowest BCUT2D eigenvalue weighted by molar-refractivity contribution is 0.102. The highest BCUT2D eigenvalue weighted by Crippen LogP contribution is 2.34. The van der Waals surface area contributed by atoms with E-state index in [1.54, 1.807) is 0 Å². The molecule has 6 nitrogen and oxygen atoms in total. The monoisotopic (exact) mass is 545 g/mol. The fraction of sp³-hybridized carbons (Fsp3) is 0. The Morgan fingerprint density at radius 2 is 1.16 bits per heavy atom. The molecule has 37 heavy (non-hydrogen) atoms. The first-order valence-corrected chi connectivity index (χ1v) is 12.5. The van der Waals surface area contributed by atoms with E-state index in [1.165, 1.54) is 0 Å². The summed E-state index contributed by atoms with van der Waals surface area (Å²) in [5, 5.41) is 3.75. The van der Waals surface area contributed by atoms with Gasteiger partial charge in [0, 0.05) is 22.2 Å². The van der Waals surface area contributed by atoms with Crippen LogP contribution in [-0.2, 0) is 0 Å². The van der Waals surface area contributed by atoms with Crippen molar-refractivity contribution in [2.45, 2.75) is 0 Å². The summed E-state index contributed by atoms with van der Waals surface area (Å²) >= 11 is 3.70. The maximum Gasteiger partial charge on any atom is 0.261 e. The molecule has 0 saturated heterocycles. The average Bonchev–Trinajstić information content (AvgIpc) is 3.26. The second-order valence-electron chi connectivity index (χ2n) is 8.35. The molecule has 0 saturated carbocycles. The Labute approximate surface area is 221 Å². The van der Waals surface area contributed by atoms with Crippen LogP contribution in [0.25, 0.3) is 39.4 Å². The van der Waals surface area contributed by atoms with Crippen molar-refractivity contribution >= 4 is 38.7 Å². The minimum absolute atomic E-state index is 0.182. The molecule has 2 heterocycles. The fourth-order valence-electron chi connectivity index (χ4n) is 4.28. The van der Waals surface area contributed by atoms with E-state index in [2.05, 4.69) is 36.2 Å². The van der Waals surface area contributed by atoms with Crippen molar-refractivity contribution in [3.8, 4) is 28.5 Å². The Kier molecular flexibility index (Phi) is 6.04. The summed E-state index contributed by atoms with van der Waals surface area (Å²) in [7, 11) is 0. The van der Waals surface area contributed by atoms with Gasteiger partial charge in [-0.1, -0.05) is 97.1 Å². The van der Waals surface area contributed by atoms with Gasteiger partial charge < -0.3 is 4.57 Å². The zero-order valence-electron chi connectivity index (χ0n) is 19.5. The molecule has 0 radical (unpaired) electrons. The van der Waals surface area contributed by atoms with Gasteiger partial charge in [0.05, 0.1) is 11.1 Å². The molecule has 6 rings (SSSR count). The van der Waals surface area contributed by atoms with Crippen molar-refractivity contribution in [2.24, 2.45) is 0 Å². The van der Waals surface area contributed by atoms with E-state index in [9.17, 15) is 4.79 Å². The topological polar surface area (TPSA) is 72.7 Å².